The van der Waals surface area contributed by atoms with Gasteiger partial charge in [-0.3, -0.25) is 4.79 Å². The summed E-state index contributed by atoms with van der Waals surface area (Å²) in [6, 6.07) is 4.19. The molecule has 1 aliphatic heterocycles. The number of hydrogen-bond donors (Lipinski definition) is 3. The lowest BCUT2D eigenvalue weighted by Crippen LogP contribution is -2.18. The number of hydrogen-bond acceptors (Lipinski definition) is 3. The Bertz CT molecular complexity index is 468. The van der Waals surface area contributed by atoms with Crippen molar-refractivity contribution in [3.63, 3.8) is 0 Å². The topological polar surface area (TPSA) is 67.1 Å². The third kappa shape index (κ3) is 2.75. The van der Waals surface area contributed by atoms with Crippen molar-refractivity contribution in [2.24, 2.45) is 5.92 Å². The van der Waals surface area contributed by atoms with Gasteiger partial charge >= 0.3 is 0 Å². The van der Waals surface area contributed by atoms with Crippen LogP contribution in [0.3, 0.4) is 0 Å². The van der Waals surface area contributed by atoms with Crippen LogP contribution in [-0.2, 0) is 11.2 Å². The SMILES string of the molecule is CC(C)CC(C)Nc1cc2c(cc1N)CC(=O)N2. The van der Waals surface area contributed by atoms with Crippen LogP contribution in [0.15, 0.2) is 12.1 Å². The number of rotatable bonds is 4. The van der Waals surface area contributed by atoms with Crippen LogP contribution in [0.5, 0.6) is 0 Å². The van der Waals surface area contributed by atoms with Gasteiger partial charge in [-0.2, -0.15) is 0 Å². The summed E-state index contributed by atoms with van der Waals surface area (Å²) in [7, 11) is 0. The van der Waals surface area contributed by atoms with Gasteiger partial charge in [0.15, 0.2) is 0 Å². The van der Waals surface area contributed by atoms with Gasteiger partial charge in [0.2, 0.25) is 5.91 Å². The predicted molar refractivity (Wildman–Crippen MR) is 75.7 cm³/mol. The third-order valence-electron chi connectivity index (χ3n) is 3.13. The molecular weight excluding hydrogens is 226 g/mol. The van der Waals surface area contributed by atoms with Crippen molar-refractivity contribution in [1.29, 1.82) is 0 Å². The second kappa shape index (κ2) is 4.88. The predicted octanol–water partition coefficient (Wildman–Crippen LogP) is 2.61. The Balaban J connectivity index is 2.15. The molecule has 1 atom stereocenters. The van der Waals surface area contributed by atoms with Crippen LogP contribution >= 0.6 is 0 Å². The molecule has 4 heteroatoms. The summed E-state index contributed by atoms with van der Waals surface area (Å²) in [5.74, 6) is 0.680. The van der Waals surface area contributed by atoms with Crippen molar-refractivity contribution in [3.05, 3.63) is 17.7 Å². The van der Waals surface area contributed by atoms with E-state index >= 15 is 0 Å². The number of carbonyl (C=O) groups excluding carboxylic acids is 1. The third-order valence-corrected chi connectivity index (χ3v) is 3.13. The van der Waals surface area contributed by atoms with E-state index in [0.717, 1.165) is 23.4 Å². The second-order valence-electron chi connectivity index (χ2n) is 5.50. The molecular formula is C14H21N3O. The van der Waals surface area contributed by atoms with E-state index in [1.165, 1.54) is 0 Å². The van der Waals surface area contributed by atoms with E-state index < -0.39 is 0 Å². The van der Waals surface area contributed by atoms with Gasteiger partial charge < -0.3 is 16.4 Å². The van der Waals surface area contributed by atoms with E-state index in [0.29, 0.717) is 24.1 Å². The standard InChI is InChI=1S/C14H21N3O/c1-8(2)4-9(3)16-13-7-12-10(5-11(13)15)6-14(18)17-12/h5,7-9,16H,4,6,15H2,1-3H3,(H,17,18). The largest absolute Gasteiger partial charge is 0.397 e. The smallest absolute Gasteiger partial charge is 0.228 e. The average molecular weight is 247 g/mol. The van der Waals surface area contributed by atoms with Gasteiger partial charge in [-0.05, 0) is 37.0 Å². The number of anilines is 3. The fourth-order valence-corrected chi connectivity index (χ4v) is 2.45. The molecule has 0 bridgehead atoms. The molecule has 1 aliphatic rings. The molecule has 4 N–H and O–H groups in total. The van der Waals surface area contributed by atoms with E-state index in [1.54, 1.807) is 0 Å². The lowest BCUT2D eigenvalue weighted by atomic mass is 10.0. The summed E-state index contributed by atoms with van der Waals surface area (Å²) in [5, 5.41) is 6.25. The summed E-state index contributed by atoms with van der Waals surface area (Å²) < 4.78 is 0. The van der Waals surface area contributed by atoms with Crippen molar-refractivity contribution < 1.29 is 4.79 Å². The van der Waals surface area contributed by atoms with Gasteiger partial charge in [0, 0.05) is 11.7 Å². The van der Waals surface area contributed by atoms with E-state index in [4.69, 9.17) is 5.73 Å². The maximum absolute atomic E-state index is 11.3. The Hall–Kier alpha value is -1.71. The molecule has 1 aromatic rings. The highest BCUT2D eigenvalue weighted by Gasteiger charge is 2.19. The summed E-state index contributed by atoms with van der Waals surface area (Å²) in [4.78, 5) is 11.3. The van der Waals surface area contributed by atoms with E-state index in [1.807, 2.05) is 12.1 Å². The molecule has 2 rings (SSSR count). The highest BCUT2D eigenvalue weighted by molar-refractivity contribution is 6.00. The Morgan fingerprint density at radius 2 is 2.11 bits per heavy atom. The fraction of sp³-hybridized carbons (Fsp3) is 0.500. The number of carbonyl (C=O) groups is 1. The molecule has 0 aromatic heterocycles. The molecule has 1 unspecified atom stereocenters. The highest BCUT2D eigenvalue weighted by atomic mass is 16.1. The first-order chi connectivity index (χ1) is 8.45. The zero-order valence-electron chi connectivity index (χ0n) is 11.2. The molecule has 98 valence electrons. The molecule has 4 nitrogen and oxygen atoms in total. The Kier molecular flexibility index (Phi) is 3.45. The molecule has 0 radical (unpaired) electrons. The molecule has 0 saturated heterocycles. The highest BCUT2D eigenvalue weighted by Crippen LogP contribution is 2.32. The quantitative estimate of drug-likeness (QED) is 0.716. The lowest BCUT2D eigenvalue weighted by molar-refractivity contribution is -0.115. The second-order valence-corrected chi connectivity index (χ2v) is 5.50. The minimum atomic E-state index is 0.0387. The Labute approximate surface area is 108 Å². The number of fused-ring (bicyclic) bond motifs is 1. The Morgan fingerprint density at radius 1 is 1.39 bits per heavy atom. The number of amides is 1. The molecule has 0 spiro atoms. The maximum Gasteiger partial charge on any atom is 0.228 e. The Morgan fingerprint density at radius 3 is 2.78 bits per heavy atom. The molecule has 1 aromatic carbocycles. The molecule has 0 aliphatic carbocycles. The number of nitrogen functional groups attached to an aromatic ring is 1. The normalized spacial score (nSPS) is 15.4. The zero-order valence-corrected chi connectivity index (χ0v) is 11.2. The molecule has 0 fully saturated rings. The summed E-state index contributed by atoms with van der Waals surface area (Å²) in [5.41, 5.74) is 9.50. The molecule has 18 heavy (non-hydrogen) atoms. The van der Waals surface area contributed by atoms with Crippen molar-refractivity contribution in [2.75, 3.05) is 16.4 Å². The van der Waals surface area contributed by atoms with Crippen LogP contribution in [0.1, 0.15) is 32.8 Å². The van der Waals surface area contributed by atoms with Crippen molar-refractivity contribution in [3.8, 4) is 0 Å². The first-order valence-corrected chi connectivity index (χ1v) is 6.44. The van der Waals surface area contributed by atoms with Gasteiger partial charge in [0.05, 0.1) is 17.8 Å². The average Bonchev–Trinajstić information content (AvgIpc) is 2.56. The number of nitrogens with one attached hydrogen (secondary N) is 2. The van der Waals surface area contributed by atoms with Crippen LogP contribution in [0.4, 0.5) is 17.1 Å². The lowest BCUT2D eigenvalue weighted by Gasteiger charge is -2.19. The first-order valence-electron chi connectivity index (χ1n) is 6.44. The minimum Gasteiger partial charge on any atom is -0.397 e. The summed E-state index contributed by atoms with van der Waals surface area (Å²) in [6.07, 6.45) is 1.52. The summed E-state index contributed by atoms with van der Waals surface area (Å²) >= 11 is 0. The van der Waals surface area contributed by atoms with Crippen LogP contribution in [0.25, 0.3) is 0 Å². The van der Waals surface area contributed by atoms with Crippen molar-refractivity contribution in [1.82, 2.24) is 0 Å². The van der Waals surface area contributed by atoms with Crippen molar-refractivity contribution >= 4 is 23.0 Å². The van der Waals surface area contributed by atoms with Crippen LogP contribution < -0.4 is 16.4 Å². The minimum absolute atomic E-state index is 0.0387. The molecule has 1 heterocycles. The number of benzene rings is 1. The van der Waals surface area contributed by atoms with Gasteiger partial charge in [0.25, 0.3) is 0 Å². The van der Waals surface area contributed by atoms with E-state index in [9.17, 15) is 4.79 Å². The summed E-state index contributed by atoms with van der Waals surface area (Å²) in [6.45, 7) is 6.54. The number of nitrogens with two attached hydrogens (primary N) is 1. The van der Waals surface area contributed by atoms with Gasteiger partial charge in [0.1, 0.15) is 0 Å². The van der Waals surface area contributed by atoms with Crippen molar-refractivity contribution in [2.45, 2.75) is 39.7 Å². The maximum atomic E-state index is 11.3. The molecule has 0 saturated carbocycles. The van der Waals surface area contributed by atoms with Gasteiger partial charge in [-0.1, -0.05) is 13.8 Å². The first kappa shape index (κ1) is 12.7. The van der Waals surface area contributed by atoms with Gasteiger partial charge in [-0.15, -0.1) is 0 Å². The van der Waals surface area contributed by atoms with Crippen LogP contribution in [0.2, 0.25) is 0 Å². The zero-order chi connectivity index (χ0) is 13.3. The van der Waals surface area contributed by atoms with Crippen LogP contribution in [-0.4, -0.2) is 11.9 Å². The van der Waals surface area contributed by atoms with Crippen LogP contribution in [0, 0.1) is 5.92 Å². The van der Waals surface area contributed by atoms with E-state index in [2.05, 4.69) is 31.4 Å². The fourth-order valence-electron chi connectivity index (χ4n) is 2.45. The monoisotopic (exact) mass is 247 g/mol. The van der Waals surface area contributed by atoms with Gasteiger partial charge in [-0.25, -0.2) is 0 Å². The van der Waals surface area contributed by atoms with E-state index in [-0.39, 0.29) is 5.91 Å². The molecule has 1 amide bonds.